The molecule has 3 heterocycles. The van der Waals surface area contributed by atoms with E-state index in [1.807, 2.05) is 51.2 Å². The molecule has 0 saturated heterocycles. The van der Waals surface area contributed by atoms with Gasteiger partial charge in [-0.2, -0.15) is 0 Å². The first-order chi connectivity index (χ1) is 18.6. The van der Waals surface area contributed by atoms with E-state index in [0.29, 0.717) is 17.6 Å². The molecule has 3 N–H and O–H groups in total. The topological polar surface area (TPSA) is 104 Å². The van der Waals surface area contributed by atoms with Crippen molar-refractivity contribution in [3.8, 4) is 34.1 Å². The normalized spacial score (nSPS) is 11.0. The third-order valence-electron chi connectivity index (χ3n) is 6.70. The van der Waals surface area contributed by atoms with E-state index < -0.39 is 0 Å². The van der Waals surface area contributed by atoms with E-state index in [2.05, 4.69) is 69.0 Å². The summed E-state index contributed by atoms with van der Waals surface area (Å²) in [5.41, 5.74) is 16.9. The number of anilines is 2. The minimum atomic E-state index is 0.306. The van der Waals surface area contributed by atoms with E-state index in [1.165, 1.54) is 6.33 Å². The Kier molecular flexibility index (Phi) is 6.62. The van der Waals surface area contributed by atoms with Crippen LogP contribution in [0.25, 0.3) is 33.4 Å². The molecule has 0 aliphatic rings. The van der Waals surface area contributed by atoms with E-state index in [0.717, 1.165) is 67.2 Å². The second-order valence-corrected chi connectivity index (χ2v) is 9.72. The fraction of sp³-hybridized carbons (Fsp3) is 0.161. The fourth-order valence-electron chi connectivity index (χ4n) is 4.81. The van der Waals surface area contributed by atoms with Gasteiger partial charge < -0.3 is 20.4 Å². The third-order valence-corrected chi connectivity index (χ3v) is 6.70. The van der Waals surface area contributed by atoms with Gasteiger partial charge in [-0.1, -0.05) is 25.3 Å². The summed E-state index contributed by atoms with van der Waals surface area (Å²) in [6, 6.07) is 14.2. The number of hydrogen-bond acceptors (Lipinski definition) is 7. The van der Waals surface area contributed by atoms with Crippen LogP contribution >= 0.6 is 0 Å². The average molecular weight is 518 g/mol. The van der Waals surface area contributed by atoms with Crippen molar-refractivity contribution >= 4 is 22.5 Å². The Balaban J connectivity index is 1.65. The van der Waals surface area contributed by atoms with Gasteiger partial charge in [0, 0.05) is 41.4 Å². The summed E-state index contributed by atoms with van der Waals surface area (Å²) in [5, 5.41) is 4.17. The maximum atomic E-state index is 6.45. The molecule has 0 atom stereocenters. The smallest absolute Gasteiger partial charge is 0.322 e. The molecule has 0 fully saturated rings. The van der Waals surface area contributed by atoms with Gasteiger partial charge in [-0.15, -0.1) is 0 Å². The number of benzene rings is 2. The molecule has 196 valence electrons. The molecule has 2 aromatic carbocycles. The van der Waals surface area contributed by atoms with Crippen LogP contribution in [0.3, 0.4) is 0 Å². The molecule has 5 aromatic rings. The number of aromatic nitrogens is 5. The minimum Gasteiger partial charge on any atom is -0.424 e. The van der Waals surface area contributed by atoms with Gasteiger partial charge in [0.05, 0.1) is 11.1 Å². The third kappa shape index (κ3) is 4.84. The molecule has 0 aliphatic carbocycles. The van der Waals surface area contributed by atoms with E-state index in [1.54, 1.807) is 6.20 Å². The summed E-state index contributed by atoms with van der Waals surface area (Å²) < 4.78 is 7.97. The number of nitrogen functional groups attached to an aromatic ring is 1. The first-order valence-corrected chi connectivity index (χ1v) is 12.5. The molecule has 0 unspecified atom stereocenters. The second kappa shape index (κ2) is 10.1. The van der Waals surface area contributed by atoms with Crippen molar-refractivity contribution in [1.29, 1.82) is 0 Å². The average Bonchev–Trinajstić information content (AvgIpc) is 3.17. The zero-order valence-electron chi connectivity index (χ0n) is 22.8. The molecule has 0 bridgehead atoms. The molecule has 8 nitrogen and oxygen atoms in total. The fourth-order valence-corrected chi connectivity index (χ4v) is 4.81. The Morgan fingerprint density at radius 1 is 0.949 bits per heavy atom. The molecule has 0 saturated carbocycles. The van der Waals surface area contributed by atoms with Gasteiger partial charge in [0.2, 0.25) is 0 Å². The summed E-state index contributed by atoms with van der Waals surface area (Å²) in [5.74, 6) is 1.06. The molecule has 0 aliphatic heterocycles. The SMILES string of the molecule is C=C(C)C(=C)Nc1cc(C)c(-c2c(-c3ccc(Oc4nccc(C)n4)cc3)c3c(N)ncnc3n2C)c(C)c1. The maximum Gasteiger partial charge on any atom is 0.322 e. The molecule has 0 spiro atoms. The van der Waals surface area contributed by atoms with Gasteiger partial charge in [0.25, 0.3) is 0 Å². The molecular formula is C31H31N7O. The van der Waals surface area contributed by atoms with Crippen molar-refractivity contribution in [1.82, 2.24) is 24.5 Å². The second-order valence-electron chi connectivity index (χ2n) is 9.72. The van der Waals surface area contributed by atoms with E-state index in [9.17, 15) is 0 Å². The maximum absolute atomic E-state index is 6.45. The van der Waals surface area contributed by atoms with E-state index in [4.69, 9.17) is 10.5 Å². The van der Waals surface area contributed by atoms with Gasteiger partial charge in [0.15, 0.2) is 0 Å². The van der Waals surface area contributed by atoms with Gasteiger partial charge in [0.1, 0.15) is 23.5 Å². The van der Waals surface area contributed by atoms with Gasteiger partial charge in [-0.25, -0.2) is 19.9 Å². The Bertz CT molecular complexity index is 1730. The molecule has 5 rings (SSSR count). The lowest BCUT2D eigenvalue weighted by Gasteiger charge is -2.18. The molecule has 8 heteroatoms. The first-order valence-electron chi connectivity index (χ1n) is 12.5. The lowest BCUT2D eigenvalue weighted by Crippen LogP contribution is -2.02. The highest BCUT2D eigenvalue weighted by molar-refractivity contribution is 6.08. The number of nitrogens with one attached hydrogen (secondary N) is 1. The lowest BCUT2D eigenvalue weighted by molar-refractivity contribution is 0.440. The van der Waals surface area contributed by atoms with Crippen LogP contribution in [0.5, 0.6) is 11.8 Å². The lowest BCUT2D eigenvalue weighted by atomic mass is 9.93. The Labute approximate surface area is 227 Å². The van der Waals surface area contributed by atoms with E-state index >= 15 is 0 Å². The van der Waals surface area contributed by atoms with E-state index in [-0.39, 0.29) is 0 Å². The summed E-state index contributed by atoms with van der Waals surface area (Å²) >= 11 is 0. The summed E-state index contributed by atoms with van der Waals surface area (Å²) in [7, 11) is 2.01. The number of hydrogen-bond donors (Lipinski definition) is 2. The quantitative estimate of drug-likeness (QED) is 0.226. The highest BCUT2D eigenvalue weighted by Crippen LogP contribution is 2.44. The molecule has 0 amide bonds. The van der Waals surface area contributed by atoms with Crippen molar-refractivity contribution < 1.29 is 4.74 Å². The van der Waals surface area contributed by atoms with Crippen LogP contribution in [0, 0.1) is 20.8 Å². The summed E-state index contributed by atoms with van der Waals surface area (Å²) in [6.45, 7) is 16.1. The number of allylic oxidation sites excluding steroid dienone is 1. The van der Waals surface area contributed by atoms with Crippen molar-refractivity contribution in [2.24, 2.45) is 7.05 Å². The summed E-state index contributed by atoms with van der Waals surface area (Å²) in [6.07, 6.45) is 3.18. The molecule has 3 aromatic heterocycles. The van der Waals surface area contributed by atoms with Crippen molar-refractivity contribution in [3.63, 3.8) is 0 Å². The zero-order chi connectivity index (χ0) is 27.8. The number of nitrogens with zero attached hydrogens (tertiary/aromatic N) is 5. The monoisotopic (exact) mass is 517 g/mol. The number of rotatable bonds is 7. The largest absolute Gasteiger partial charge is 0.424 e. The molecular weight excluding hydrogens is 486 g/mol. The predicted octanol–water partition coefficient (Wildman–Crippen LogP) is 6.89. The Morgan fingerprint density at radius 2 is 1.64 bits per heavy atom. The van der Waals surface area contributed by atoms with Crippen LogP contribution < -0.4 is 15.8 Å². The minimum absolute atomic E-state index is 0.306. The number of ether oxygens (including phenoxy) is 1. The van der Waals surface area contributed by atoms with Crippen LogP contribution in [0.15, 0.2) is 79.4 Å². The molecule has 39 heavy (non-hydrogen) atoms. The zero-order valence-corrected chi connectivity index (χ0v) is 22.8. The van der Waals surface area contributed by atoms with Gasteiger partial charge in [-0.3, -0.25) is 0 Å². The number of aryl methyl sites for hydroxylation is 4. The van der Waals surface area contributed by atoms with Crippen LogP contribution in [0.1, 0.15) is 23.7 Å². The van der Waals surface area contributed by atoms with Crippen molar-refractivity contribution in [2.75, 3.05) is 11.1 Å². The Hall–Kier alpha value is -4.98. The standard InChI is InChI=1S/C31H31N7O/c1-17(2)21(6)37-23-14-18(3)25(19(4)15-23)28-26(27-29(32)34-16-35-30(27)38(28)7)22-8-10-24(11-9-22)39-31-33-13-12-20(5)36-31/h8-16,37H,1,6H2,2-5,7H3,(H2,32,34,35). The van der Waals surface area contributed by atoms with Gasteiger partial charge in [-0.05, 0) is 80.3 Å². The van der Waals surface area contributed by atoms with Gasteiger partial charge >= 0.3 is 6.01 Å². The van der Waals surface area contributed by atoms with Crippen LogP contribution in [-0.2, 0) is 7.05 Å². The van der Waals surface area contributed by atoms with Crippen molar-refractivity contribution in [2.45, 2.75) is 27.7 Å². The van der Waals surface area contributed by atoms with Crippen LogP contribution in [0.2, 0.25) is 0 Å². The highest BCUT2D eigenvalue weighted by atomic mass is 16.5. The Morgan fingerprint density at radius 3 is 2.28 bits per heavy atom. The first kappa shape index (κ1) is 25.7. The highest BCUT2D eigenvalue weighted by Gasteiger charge is 2.24. The number of fused-ring (bicyclic) bond motifs is 1. The van der Waals surface area contributed by atoms with Crippen molar-refractivity contribution in [3.05, 3.63) is 96.2 Å². The number of nitrogens with two attached hydrogens (primary N) is 1. The summed E-state index contributed by atoms with van der Waals surface area (Å²) in [4.78, 5) is 17.4. The predicted molar refractivity (Wildman–Crippen MR) is 158 cm³/mol. The molecule has 0 radical (unpaired) electrons. The van der Waals surface area contributed by atoms with Crippen LogP contribution in [-0.4, -0.2) is 24.5 Å². The van der Waals surface area contributed by atoms with Crippen LogP contribution in [0.4, 0.5) is 11.5 Å².